The molecule has 0 radical (unpaired) electrons. The van der Waals surface area contributed by atoms with Crippen LogP contribution in [0.1, 0.15) is 44.6 Å². The summed E-state index contributed by atoms with van der Waals surface area (Å²) in [5.41, 5.74) is 0.728. The van der Waals surface area contributed by atoms with Crippen molar-refractivity contribution >= 4 is 62.3 Å². The van der Waals surface area contributed by atoms with E-state index in [1.54, 1.807) is 31.2 Å². The minimum absolute atomic E-state index is 0.0116. The molecule has 1 aliphatic rings. The lowest BCUT2D eigenvalue weighted by Gasteiger charge is -2.33. The molecule has 0 spiro atoms. The quantitative estimate of drug-likeness (QED) is 0.372. The lowest BCUT2D eigenvalue weighted by molar-refractivity contribution is -0.139. The van der Waals surface area contributed by atoms with Gasteiger partial charge in [0.2, 0.25) is 21.8 Å². The SMILES string of the molecule is COc1cccc(CN(C(=O)CN(c2cc(Cl)c(Cl)cc2Cl)S(C)(=O)=O)[C@H](C)C(=O)NC2CCCCC2)c1. The van der Waals surface area contributed by atoms with E-state index in [2.05, 4.69) is 5.32 Å². The fourth-order valence-corrected chi connectivity index (χ4v) is 5.96. The Balaban J connectivity index is 1.93. The standard InChI is InChI=1S/C26H32Cl3N3O5S/c1-17(26(34)30-19-9-5-4-6-10-19)31(15-18-8-7-11-20(12-18)37-2)25(33)16-32(38(3,35)36)24-14-22(28)21(27)13-23(24)29/h7-8,11-14,17,19H,4-6,9-10,15-16H2,1-3H3,(H,30,34)/t17-/m1/s1. The zero-order chi connectivity index (χ0) is 28.0. The Morgan fingerprint density at radius 3 is 2.34 bits per heavy atom. The van der Waals surface area contributed by atoms with Crippen LogP contribution < -0.4 is 14.4 Å². The lowest BCUT2D eigenvalue weighted by atomic mass is 9.95. The van der Waals surface area contributed by atoms with Gasteiger partial charge in [-0.25, -0.2) is 8.42 Å². The molecule has 1 N–H and O–H groups in total. The van der Waals surface area contributed by atoms with Crippen molar-refractivity contribution in [1.29, 1.82) is 0 Å². The first-order valence-corrected chi connectivity index (χ1v) is 15.2. The number of hydrogen-bond donors (Lipinski definition) is 1. The van der Waals surface area contributed by atoms with Crippen LogP contribution in [-0.2, 0) is 26.2 Å². The number of benzene rings is 2. The first-order chi connectivity index (χ1) is 17.9. The molecule has 3 rings (SSSR count). The van der Waals surface area contributed by atoms with Crippen LogP contribution in [0.5, 0.6) is 5.75 Å². The molecule has 0 aliphatic heterocycles. The summed E-state index contributed by atoms with van der Waals surface area (Å²) in [7, 11) is -2.44. The van der Waals surface area contributed by atoms with E-state index in [1.807, 2.05) is 0 Å². The predicted octanol–water partition coefficient (Wildman–Crippen LogP) is 5.29. The second-order valence-corrected chi connectivity index (χ2v) is 12.5. The number of sulfonamides is 1. The molecule has 2 amide bonds. The Labute approximate surface area is 239 Å². The molecule has 12 heteroatoms. The Bertz CT molecular complexity index is 1270. The molecule has 1 aliphatic carbocycles. The highest BCUT2D eigenvalue weighted by Crippen LogP contribution is 2.35. The zero-order valence-corrected chi connectivity index (χ0v) is 24.6. The van der Waals surface area contributed by atoms with Gasteiger partial charge < -0.3 is 15.0 Å². The maximum atomic E-state index is 13.7. The third-order valence-corrected chi connectivity index (χ3v) is 8.69. The summed E-state index contributed by atoms with van der Waals surface area (Å²) in [6.45, 7) is 1.09. The van der Waals surface area contributed by atoms with Gasteiger partial charge in [0.25, 0.3) is 0 Å². The molecule has 208 valence electrons. The largest absolute Gasteiger partial charge is 0.497 e. The number of rotatable bonds is 10. The van der Waals surface area contributed by atoms with Crippen LogP contribution in [0.2, 0.25) is 15.1 Å². The molecule has 1 atom stereocenters. The van der Waals surface area contributed by atoms with Crippen LogP contribution in [-0.4, -0.2) is 57.1 Å². The first kappa shape index (κ1) is 30.3. The van der Waals surface area contributed by atoms with Gasteiger partial charge in [0.1, 0.15) is 18.3 Å². The summed E-state index contributed by atoms with van der Waals surface area (Å²) in [5, 5.41) is 3.30. The normalized spacial score (nSPS) is 15.0. The minimum Gasteiger partial charge on any atom is -0.497 e. The van der Waals surface area contributed by atoms with Crippen molar-refractivity contribution < 1.29 is 22.7 Å². The summed E-state index contributed by atoms with van der Waals surface area (Å²) < 4.78 is 31.7. The Morgan fingerprint density at radius 1 is 1.05 bits per heavy atom. The number of carbonyl (C=O) groups is 2. The molecule has 0 saturated heterocycles. The molecule has 0 aromatic heterocycles. The molecular weight excluding hydrogens is 573 g/mol. The van der Waals surface area contributed by atoms with Gasteiger partial charge in [0, 0.05) is 12.6 Å². The highest BCUT2D eigenvalue weighted by Gasteiger charge is 2.32. The average molecular weight is 605 g/mol. The third-order valence-electron chi connectivity index (χ3n) is 6.54. The number of nitrogens with zero attached hydrogens (tertiary/aromatic N) is 2. The van der Waals surface area contributed by atoms with Crippen LogP contribution in [0.4, 0.5) is 5.69 Å². The van der Waals surface area contributed by atoms with Crippen LogP contribution in [0.15, 0.2) is 36.4 Å². The van der Waals surface area contributed by atoms with Gasteiger partial charge in [-0.1, -0.05) is 66.2 Å². The highest BCUT2D eigenvalue weighted by molar-refractivity contribution is 7.92. The topological polar surface area (TPSA) is 96.0 Å². The van der Waals surface area contributed by atoms with Crippen molar-refractivity contribution in [3.63, 3.8) is 0 Å². The van der Waals surface area contributed by atoms with E-state index in [0.29, 0.717) is 11.3 Å². The van der Waals surface area contributed by atoms with Gasteiger partial charge in [0.05, 0.1) is 34.1 Å². The zero-order valence-electron chi connectivity index (χ0n) is 21.5. The molecule has 0 bridgehead atoms. The number of methoxy groups -OCH3 is 1. The van der Waals surface area contributed by atoms with Gasteiger partial charge in [-0.05, 0) is 49.6 Å². The Kier molecular flexibility index (Phi) is 10.6. The number of carbonyl (C=O) groups excluding carboxylic acids is 2. The van der Waals surface area contributed by atoms with Crippen molar-refractivity contribution in [3.8, 4) is 5.75 Å². The lowest BCUT2D eigenvalue weighted by Crippen LogP contribution is -2.53. The predicted molar refractivity (Wildman–Crippen MR) is 152 cm³/mol. The Morgan fingerprint density at radius 2 is 1.71 bits per heavy atom. The monoisotopic (exact) mass is 603 g/mol. The van der Waals surface area contributed by atoms with Crippen molar-refractivity contribution in [2.45, 2.75) is 57.7 Å². The third kappa shape index (κ3) is 7.91. The average Bonchev–Trinajstić information content (AvgIpc) is 2.87. The molecule has 0 heterocycles. The van der Waals surface area contributed by atoms with E-state index in [0.717, 1.165) is 42.7 Å². The molecular formula is C26H32Cl3N3O5S. The van der Waals surface area contributed by atoms with Gasteiger partial charge in [-0.2, -0.15) is 0 Å². The molecule has 1 fully saturated rings. The second-order valence-electron chi connectivity index (χ2n) is 9.38. The smallest absolute Gasteiger partial charge is 0.244 e. The fourth-order valence-electron chi connectivity index (χ4n) is 4.42. The van der Waals surface area contributed by atoms with Crippen LogP contribution >= 0.6 is 34.8 Å². The van der Waals surface area contributed by atoms with Gasteiger partial charge >= 0.3 is 0 Å². The number of hydrogen-bond acceptors (Lipinski definition) is 5. The maximum Gasteiger partial charge on any atom is 0.244 e. The van der Waals surface area contributed by atoms with Crippen molar-refractivity contribution in [2.75, 3.05) is 24.2 Å². The Hall–Kier alpha value is -2.20. The number of anilines is 1. The second kappa shape index (κ2) is 13.2. The molecule has 8 nitrogen and oxygen atoms in total. The fraction of sp³-hybridized carbons (Fsp3) is 0.462. The van der Waals surface area contributed by atoms with Crippen LogP contribution in [0.25, 0.3) is 0 Å². The minimum atomic E-state index is -3.97. The number of halogens is 3. The molecule has 0 unspecified atom stereocenters. The van der Waals surface area contributed by atoms with E-state index in [-0.39, 0.29) is 39.2 Å². The molecule has 38 heavy (non-hydrogen) atoms. The van der Waals surface area contributed by atoms with Crippen LogP contribution in [0.3, 0.4) is 0 Å². The van der Waals surface area contributed by atoms with Gasteiger partial charge in [-0.3, -0.25) is 13.9 Å². The summed E-state index contributed by atoms with van der Waals surface area (Å²) in [6, 6.07) is 8.91. The van der Waals surface area contributed by atoms with Crippen molar-refractivity contribution in [2.24, 2.45) is 0 Å². The molecule has 2 aromatic carbocycles. The number of ether oxygens (including phenoxy) is 1. The summed E-state index contributed by atoms with van der Waals surface area (Å²) in [6.07, 6.45) is 5.96. The van der Waals surface area contributed by atoms with E-state index in [4.69, 9.17) is 39.5 Å². The number of nitrogens with one attached hydrogen (secondary N) is 1. The highest BCUT2D eigenvalue weighted by atomic mass is 35.5. The molecule has 1 saturated carbocycles. The van der Waals surface area contributed by atoms with Crippen molar-refractivity contribution in [1.82, 2.24) is 10.2 Å². The van der Waals surface area contributed by atoms with Gasteiger partial charge in [-0.15, -0.1) is 0 Å². The summed E-state index contributed by atoms with van der Waals surface area (Å²) in [5.74, 6) is -0.298. The van der Waals surface area contributed by atoms with Crippen molar-refractivity contribution in [3.05, 3.63) is 57.0 Å². The number of amides is 2. The van der Waals surface area contributed by atoms with E-state index < -0.39 is 28.5 Å². The van der Waals surface area contributed by atoms with Crippen LogP contribution in [0, 0.1) is 0 Å². The maximum absolute atomic E-state index is 13.7. The van der Waals surface area contributed by atoms with Gasteiger partial charge in [0.15, 0.2) is 0 Å². The first-order valence-electron chi connectivity index (χ1n) is 12.3. The van der Waals surface area contributed by atoms with E-state index in [9.17, 15) is 18.0 Å². The summed E-state index contributed by atoms with van der Waals surface area (Å²) in [4.78, 5) is 28.3. The van der Waals surface area contributed by atoms with E-state index >= 15 is 0 Å². The summed E-state index contributed by atoms with van der Waals surface area (Å²) >= 11 is 18.4. The van der Waals surface area contributed by atoms with E-state index in [1.165, 1.54) is 24.1 Å². The molecule has 2 aromatic rings.